The summed E-state index contributed by atoms with van der Waals surface area (Å²) < 4.78 is 5.29. The van der Waals surface area contributed by atoms with Crippen LogP contribution in [0.2, 0.25) is 5.02 Å². The third kappa shape index (κ3) is 3.37. The number of hydrogen-bond acceptors (Lipinski definition) is 4. The van der Waals surface area contributed by atoms with Gasteiger partial charge in [0.1, 0.15) is 11.3 Å². The highest BCUT2D eigenvalue weighted by Crippen LogP contribution is 2.30. The molecule has 3 aromatic rings. The Morgan fingerprint density at radius 1 is 1.24 bits per heavy atom. The van der Waals surface area contributed by atoms with Gasteiger partial charge in [0.05, 0.1) is 28.1 Å². The molecular formula is C19H16ClNO4. The number of fused-ring (bicyclic) bond motifs is 1. The molecule has 25 heavy (non-hydrogen) atoms. The van der Waals surface area contributed by atoms with E-state index in [4.69, 9.17) is 16.0 Å². The van der Waals surface area contributed by atoms with Crippen LogP contribution in [0.5, 0.6) is 5.75 Å². The number of hydrogen-bond donors (Lipinski definition) is 2. The highest BCUT2D eigenvalue weighted by molar-refractivity contribution is 6.33. The minimum Gasteiger partial charge on any atom is -0.507 e. The van der Waals surface area contributed by atoms with Gasteiger partial charge in [-0.05, 0) is 49.2 Å². The second-order valence-corrected chi connectivity index (χ2v) is 6.26. The lowest BCUT2D eigenvalue weighted by atomic mass is 10.0. The second-order valence-electron chi connectivity index (χ2n) is 5.86. The molecule has 5 nitrogen and oxygen atoms in total. The molecule has 1 heterocycles. The molecule has 3 rings (SSSR count). The van der Waals surface area contributed by atoms with E-state index in [9.17, 15) is 14.7 Å². The number of halogens is 1. The predicted molar refractivity (Wildman–Crippen MR) is 97.4 cm³/mol. The minimum atomic E-state index is -0.593. The average Bonchev–Trinajstić information content (AvgIpc) is 2.52. The molecule has 0 aliphatic heterocycles. The number of amides is 1. The van der Waals surface area contributed by atoms with Crippen LogP contribution in [-0.2, 0) is 11.2 Å². The number of benzene rings is 2. The first-order chi connectivity index (χ1) is 11.9. The van der Waals surface area contributed by atoms with Crippen molar-refractivity contribution in [2.24, 2.45) is 0 Å². The lowest BCUT2D eigenvalue weighted by Crippen LogP contribution is -2.20. The van der Waals surface area contributed by atoms with Crippen LogP contribution >= 0.6 is 11.6 Å². The predicted octanol–water partition coefficient (Wildman–Crippen LogP) is 3.95. The number of phenolic OH excluding ortho intramolecular Hbond substituents is 1. The topological polar surface area (TPSA) is 79.5 Å². The van der Waals surface area contributed by atoms with Gasteiger partial charge in [-0.2, -0.15) is 0 Å². The van der Waals surface area contributed by atoms with E-state index in [1.54, 1.807) is 50.2 Å². The zero-order valence-corrected chi connectivity index (χ0v) is 14.5. The van der Waals surface area contributed by atoms with Gasteiger partial charge < -0.3 is 14.8 Å². The molecule has 0 aliphatic carbocycles. The molecule has 2 N–H and O–H groups in total. The molecule has 1 amide bonds. The van der Waals surface area contributed by atoms with Gasteiger partial charge in [0.2, 0.25) is 5.91 Å². The van der Waals surface area contributed by atoms with E-state index in [-0.39, 0.29) is 17.7 Å². The molecule has 0 saturated heterocycles. The summed E-state index contributed by atoms with van der Waals surface area (Å²) in [5.41, 5.74) is 1.68. The van der Waals surface area contributed by atoms with Crippen LogP contribution in [0.1, 0.15) is 16.7 Å². The molecule has 0 unspecified atom stereocenters. The van der Waals surface area contributed by atoms with Crippen molar-refractivity contribution in [3.05, 3.63) is 68.5 Å². The molecule has 0 aliphatic rings. The van der Waals surface area contributed by atoms with Crippen molar-refractivity contribution in [3.8, 4) is 5.75 Å². The number of phenols is 1. The third-order valence-corrected chi connectivity index (χ3v) is 4.32. The van der Waals surface area contributed by atoms with Crippen LogP contribution in [0, 0.1) is 13.8 Å². The summed E-state index contributed by atoms with van der Waals surface area (Å²) in [7, 11) is 0. The number of carbonyl (C=O) groups excluding carboxylic acids is 1. The van der Waals surface area contributed by atoms with E-state index < -0.39 is 11.5 Å². The van der Waals surface area contributed by atoms with Crippen molar-refractivity contribution < 1.29 is 14.3 Å². The number of nitrogens with one attached hydrogen (secondary N) is 1. The first kappa shape index (κ1) is 17.0. The third-order valence-electron chi connectivity index (χ3n) is 3.99. The molecule has 0 saturated carbocycles. The first-order valence-electron chi connectivity index (χ1n) is 7.67. The quantitative estimate of drug-likeness (QED) is 0.695. The molecular weight excluding hydrogens is 342 g/mol. The Morgan fingerprint density at radius 3 is 2.68 bits per heavy atom. The minimum absolute atomic E-state index is 0.0176. The molecule has 6 heteroatoms. The molecule has 128 valence electrons. The molecule has 1 aromatic heterocycles. The Kier molecular flexibility index (Phi) is 4.51. The molecule has 0 atom stereocenters. The number of aryl methyl sites for hydroxylation is 2. The van der Waals surface area contributed by atoms with Gasteiger partial charge >= 0.3 is 5.63 Å². The number of carbonyl (C=O) groups is 1. The monoisotopic (exact) mass is 357 g/mol. The van der Waals surface area contributed by atoms with Gasteiger partial charge in [0.25, 0.3) is 0 Å². The summed E-state index contributed by atoms with van der Waals surface area (Å²) in [5, 5.41) is 13.7. The van der Waals surface area contributed by atoms with Crippen LogP contribution in [0.4, 0.5) is 5.69 Å². The van der Waals surface area contributed by atoms with E-state index >= 15 is 0 Å². The lowest BCUT2D eigenvalue weighted by Gasteiger charge is -2.11. The summed E-state index contributed by atoms with van der Waals surface area (Å²) in [6, 6.07) is 10.1. The summed E-state index contributed by atoms with van der Waals surface area (Å²) in [4.78, 5) is 24.6. The number of anilines is 1. The van der Waals surface area contributed by atoms with Gasteiger partial charge in [-0.3, -0.25) is 4.79 Å². The van der Waals surface area contributed by atoms with Gasteiger partial charge in [-0.25, -0.2) is 4.79 Å². The van der Waals surface area contributed by atoms with E-state index in [1.807, 2.05) is 0 Å². The Hall–Kier alpha value is -2.79. The van der Waals surface area contributed by atoms with Gasteiger partial charge in [-0.15, -0.1) is 0 Å². The van der Waals surface area contributed by atoms with Crippen LogP contribution in [0.15, 0.2) is 45.6 Å². The molecule has 0 radical (unpaired) electrons. The van der Waals surface area contributed by atoms with E-state index in [0.29, 0.717) is 27.2 Å². The maximum atomic E-state index is 12.3. The SMILES string of the molecule is Cc1cc(O)c2c(C)c(CC(=O)Nc3ccccc3Cl)c(=O)oc2c1. The zero-order valence-electron chi connectivity index (χ0n) is 13.7. The van der Waals surface area contributed by atoms with E-state index in [1.165, 1.54) is 0 Å². The van der Waals surface area contributed by atoms with Crippen molar-refractivity contribution in [1.29, 1.82) is 0 Å². The highest BCUT2D eigenvalue weighted by Gasteiger charge is 2.18. The van der Waals surface area contributed by atoms with Crippen molar-refractivity contribution >= 4 is 34.2 Å². The van der Waals surface area contributed by atoms with Gasteiger partial charge in [0.15, 0.2) is 0 Å². The largest absolute Gasteiger partial charge is 0.507 e. The van der Waals surface area contributed by atoms with Crippen molar-refractivity contribution in [1.82, 2.24) is 0 Å². The van der Waals surface area contributed by atoms with Crippen molar-refractivity contribution in [2.75, 3.05) is 5.32 Å². The fourth-order valence-electron chi connectivity index (χ4n) is 2.78. The zero-order chi connectivity index (χ0) is 18.1. The maximum absolute atomic E-state index is 12.3. The second kappa shape index (κ2) is 6.61. The van der Waals surface area contributed by atoms with E-state index in [2.05, 4.69) is 5.32 Å². The highest BCUT2D eigenvalue weighted by atomic mass is 35.5. The number of aromatic hydroxyl groups is 1. The van der Waals surface area contributed by atoms with Crippen LogP contribution in [-0.4, -0.2) is 11.0 Å². The number of rotatable bonds is 3. The molecule has 0 fully saturated rings. The van der Waals surface area contributed by atoms with Gasteiger partial charge in [0, 0.05) is 0 Å². The van der Waals surface area contributed by atoms with Crippen molar-refractivity contribution in [2.45, 2.75) is 20.3 Å². The Balaban J connectivity index is 1.98. The van der Waals surface area contributed by atoms with Gasteiger partial charge in [-0.1, -0.05) is 23.7 Å². The first-order valence-corrected chi connectivity index (χ1v) is 8.05. The van der Waals surface area contributed by atoms with E-state index in [0.717, 1.165) is 5.56 Å². The normalized spacial score (nSPS) is 10.8. The number of para-hydroxylation sites is 1. The molecule has 2 aromatic carbocycles. The summed E-state index contributed by atoms with van der Waals surface area (Å²) in [6.07, 6.45) is -0.178. The Bertz CT molecular complexity index is 1040. The molecule has 0 bridgehead atoms. The fraction of sp³-hybridized carbons (Fsp3) is 0.158. The summed E-state index contributed by atoms with van der Waals surface area (Å²) >= 11 is 6.02. The van der Waals surface area contributed by atoms with Crippen LogP contribution < -0.4 is 10.9 Å². The van der Waals surface area contributed by atoms with Crippen LogP contribution in [0.25, 0.3) is 11.0 Å². The average molecular weight is 358 g/mol. The Labute approximate surface area is 148 Å². The Morgan fingerprint density at radius 2 is 1.96 bits per heavy atom. The maximum Gasteiger partial charge on any atom is 0.340 e. The molecule has 0 spiro atoms. The smallest absolute Gasteiger partial charge is 0.340 e. The standard InChI is InChI=1S/C19H16ClNO4/c1-10-7-15(22)18-11(2)12(19(24)25-16(18)8-10)9-17(23)21-14-6-4-3-5-13(14)20/h3-8,22H,9H2,1-2H3,(H,21,23). The fourth-order valence-corrected chi connectivity index (χ4v) is 2.96. The van der Waals surface area contributed by atoms with Crippen molar-refractivity contribution in [3.63, 3.8) is 0 Å². The summed E-state index contributed by atoms with van der Waals surface area (Å²) in [6.45, 7) is 3.48. The lowest BCUT2D eigenvalue weighted by molar-refractivity contribution is -0.115. The summed E-state index contributed by atoms with van der Waals surface area (Å²) in [5.74, 6) is -0.376. The van der Waals surface area contributed by atoms with Crippen LogP contribution in [0.3, 0.4) is 0 Å².